The lowest BCUT2D eigenvalue weighted by Crippen LogP contribution is -2.19. The largest absolute Gasteiger partial charge is 0.313 e. The summed E-state index contributed by atoms with van der Waals surface area (Å²) in [5, 5.41) is 8.36. The SMILES string of the molecule is CNC(Cc1csc2ccccc12)c1cc(Cl)ccc1Cl. The van der Waals surface area contributed by atoms with Gasteiger partial charge in [-0.2, -0.15) is 0 Å². The smallest absolute Gasteiger partial charge is 0.0454 e. The second-order valence-corrected chi connectivity index (χ2v) is 6.72. The van der Waals surface area contributed by atoms with Gasteiger partial charge in [0.15, 0.2) is 0 Å². The molecule has 1 aromatic heterocycles. The van der Waals surface area contributed by atoms with Gasteiger partial charge in [-0.25, -0.2) is 0 Å². The molecule has 1 N–H and O–H groups in total. The van der Waals surface area contributed by atoms with Gasteiger partial charge in [0.05, 0.1) is 0 Å². The summed E-state index contributed by atoms with van der Waals surface area (Å²) in [5.41, 5.74) is 2.38. The van der Waals surface area contributed by atoms with E-state index in [1.807, 2.05) is 25.2 Å². The number of hydrogen-bond acceptors (Lipinski definition) is 2. The van der Waals surface area contributed by atoms with Crippen LogP contribution >= 0.6 is 34.5 Å². The maximum atomic E-state index is 6.33. The topological polar surface area (TPSA) is 12.0 Å². The molecule has 0 saturated carbocycles. The van der Waals surface area contributed by atoms with Crippen LogP contribution in [0.4, 0.5) is 0 Å². The van der Waals surface area contributed by atoms with Crippen molar-refractivity contribution in [1.29, 1.82) is 0 Å². The number of rotatable bonds is 4. The molecule has 108 valence electrons. The van der Waals surface area contributed by atoms with Crippen LogP contribution in [0.5, 0.6) is 0 Å². The second kappa shape index (κ2) is 6.37. The Balaban J connectivity index is 1.96. The molecule has 0 radical (unpaired) electrons. The molecule has 3 aromatic rings. The van der Waals surface area contributed by atoms with Gasteiger partial charge in [0, 0.05) is 20.8 Å². The number of fused-ring (bicyclic) bond motifs is 1. The van der Waals surface area contributed by atoms with Gasteiger partial charge >= 0.3 is 0 Å². The number of likely N-dealkylation sites (N-methyl/N-ethyl adjacent to an activating group) is 1. The molecule has 2 aromatic carbocycles. The van der Waals surface area contributed by atoms with Crippen molar-refractivity contribution >= 4 is 44.6 Å². The van der Waals surface area contributed by atoms with E-state index in [4.69, 9.17) is 23.2 Å². The van der Waals surface area contributed by atoms with E-state index < -0.39 is 0 Å². The van der Waals surface area contributed by atoms with Crippen LogP contribution in [0, 0.1) is 0 Å². The average Bonchev–Trinajstić information content (AvgIpc) is 2.91. The molecule has 1 heterocycles. The van der Waals surface area contributed by atoms with E-state index in [0.29, 0.717) is 5.02 Å². The average molecular weight is 336 g/mol. The highest BCUT2D eigenvalue weighted by atomic mass is 35.5. The minimum atomic E-state index is 0.147. The Labute approximate surface area is 138 Å². The molecule has 0 aliphatic carbocycles. The van der Waals surface area contributed by atoms with Crippen molar-refractivity contribution in [3.05, 3.63) is 69.0 Å². The fourth-order valence-corrected chi connectivity index (χ4v) is 3.97. The van der Waals surface area contributed by atoms with Gasteiger partial charge in [-0.3, -0.25) is 0 Å². The highest BCUT2D eigenvalue weighted by Crippen LogP contribution is 2.32. The van der Waals surface area contributed by atoms with Crippen LogP contribution in [0.1, 0.15) is 17.2 Å². The standard InChI is InChI=1S/C17H15Cl2NS/c1-20-16(14-9-12(18)6-7-15(14)19)8-11-10-21-17-5-3-2-4-13(11)17/h2-7,9-10,16,20H,8H2,1H3. The van der Waals surface area contributed by atoms with E-state index >= 15 is 0 Å². The third kappa shape index (κ3) is 3.09. The van der Waals surface area contributed by atoms with Gasteiger partial charge in [0.25, 0.3) is 0 Å². The van der Waals surface area contributed by atoms with E-state index in [9.17, 15) is 0 Å². The van der Waals surface area contributed by atoms with Gasteiger partial charge in [-0.05, 0) is 59.6 Å². The van der Waals surface area contributed by atoms with Gasteiger partial charge in [0.2, 0.25) is 0 Å². The second-order valence-electron chi connectivity index (χ2n) is 4.97. The van der Waals surface area contributed by atoms with E-state index in [0.717, 1.165) is 17.0 Å². The predicted molar refractivity (Wildman–Crippen MR) is 93.8 cm³/mol. The Hall–Kier alpha value is -1.06. The maximum absolute atomic E-state index is 6.33. The number of thiophene rings is 1. The number of hydrogen-bond donors (Lipinski definition) is 1. The molecule has 0 spiro atoms. The first-order chi connectivity index (χ1) is 10.2. The monoisotopic (exact) mass is 335 g/mol. The van der Waals surface area contributed by atoms with Crippen LogP contribution < -0.4 is 5.32 Å². The zero-order valence-electron chi connectivity index (χ0n) is 11.6. The van der Waals surface area contributed by atoms with Crippen LogP contribution in [0.3, 0.4) is 0 Å². The minimum Gasteiger partial charge on any atom is -0.313 e. The minimum absolute atomic E-state index is 0.147. The summed E-state index contributed by atoms with van der Waals surface area (Å²) in [7, 11) is 1.95. The van der Waals surface area contributed by atoms with E-state index in [1.54, 1.807) is 11.3 Å². The summed E-state index contributed by atoms with van der Waals surface area (Å²) in [4.78, 5) is 0. The molecule has 0 amide bonds. The first-order valence-corrected chi connectivity index (χ1v) is 8.40. The van der Waals surface area contributed by atoms with Crippen LogP contribution in [-0.4, -0.2) is 7.05 Å². The van der Waals surface area contributed by atoms with Crippen LogP contribution in [-0.2, 0) is 6.42 Å². The van der Waals surface area contributed by atoms with Crippen molar-refractivity contribution in [3.63, 3.8) is 0 Å². The fraction of sp³-hybridized carbons (Fsp3) is 0.176. The number of benzene rings is 2. The molecule has 0 bridgehead atoms. The van der Waals surface area contributed by atoms with Crippen molar-refractivity contribution in [1.82, 2.24) is 5.32 Å². The zero-order valence-corrected chi connectivity index (χ0v) is 13.9. The Bertz CT molecular complexity index is 766. The number of nitrogens with one attached hydrogen (secondary N) is 1. The molecule has 3 rings (SSSR count). The number of halogens is 2. The summed E-state index contributed by atoms with van der Waals surface area (Å²) < 4.78 is 1.32. The Kier molecular flexibility index (Phi) is 4.51. The molecule has 21 heavy (non-hydrogen) atoms. The first-order valence-electron chi connectivity index (χ1n) is 6.76. The molecule has 1 nitrogen and oxygen atoms in total. The van der Waals surface area contributed by atoms with Crippen LogP contribution in [0.2, 0.25) is 10.0 Å². The van der Waals surface area contributed by atoms with Crippen LogP contribution in [0.25, 0.3) is 10.1 Å². The summed E-state index contributed by atoms with van der Waals surface area (Å²) in [6.07, 6.45) is 0.889. The van der Waals surface area contributed by atoms with Crippen molar-refractivity contribution in [2.75, 3.05) is 7.05 Å². The molecular formula is C17H15Cl2NS. The van der Waals surface area contributed by atoms with Crippen molar-refractivity contribution < 1.29 is 0 Å². The quantitative estimate of drug-likeness (QED) is 0.643. The van der Waals surface area contributed by atoms with Crippen LogP contribution in [0.15, 0.2) is 47.8 Å². The van der Waals surface area contributed by atoms with Gasteiger partial charge < -0.3 is 5.32 Å². The maximum Gasteiger partial charge on any atom is 0.0454 e. The van der Waals surface area contributed by atoms with Crippen molar-refractivity contribution in [2.24, 2.45) is 0 Å². The highest BCUT2D eigenvalue weighted by molar-refractivity contribution is 7.17. The van der Waals surface area contributed by atoms with Gasteiger partial charge in [0.1, 0.15) is 0 Å². The third-order valence-electron chi connectivity index (χ3n) is 3.67. The molecule has 0 fully saturated rings. The molecule has 0 aliphatic heterocycles. The lowest BCUT2D eigenvalue weighted by Gasteiger charge is -2.18. The Morgan fingerprint density at radius 3 is 2.76 bits per heavy atom. The van der Waals surface area contributed by atoms with Gasteiger partial charge in [-0.15, -0.1) is 11.3 Å². The summed E-state index contributed by atoms with van der Waals surface area (Å²) >= 11 is 14.2. The molecule has 1 atom stereocenters. The van der Waals surface area contributed by atoms with Crippen molar-refractivity contribution in [2.45, 2.75) is 12.5 Å². The summed E-state index contributed by atoms with van der Waals surface area (Å²) in [5.74, 6) is 0. The van der Waals surface area contributed by atoms with E-state index in [1.165, 1.54) is 15.6 Å². The highest BCUT2D eigenvalue weighted by Gasteiger charge is 2.16. The zero-order chi connectivity index (χ0) is 14.8. The third-order valence-corrected chi connectivity index (χ3v) is 5.26. The predicted octanol–water partition coefficient (Wildman–Crippen LogP) is 5.71. The summed E-state index contributed by atoms with van der Waals surface area (Å²) in [6, 6.07) is 14.3. The fourth-order valence-electron chi connectivity index (χ4n) is 2.56. The van der Waals surface area contributed by atoms with E-state index in [2.05, 4.69) is 35.0 Å². The summed E-state index contributed by atoms with van der Waals surface area (Å²) in [6.45, 7) is 0. The Morgan fingerprint density at radius 1 is 1.14 bits per heavy atom. The normalized spacial score (nSPS) is 12.7. The van der Waals surface area contributed by atoms with E-state index in [-0.39, 0.29) is 6.04 Å². The molecular weight excluding hydrogens is 321 g/mol. The molecule has 0 saturated heterocycles. The molecule has 1 unspecified atom stereocenters. The van der Waals surface area contributed by atoms with Crippen molar-refractivity contribution in [3.8, 4) is 0 Å². The molecule has 0 aliphatic rings. The first kappa shape index (κ1) is 14.9. The van der Waals surface area contributed by atoms with Gasteiger partial charge in [-0.1, -0.05) is 41.4 Å². The lowest BCUT2D eigenvalue weighted by atomic mass is 9.98. The lowest BCUT2D eigenvalue weighted by molar-refractivity contribution is 0.595. The Morgan fingerprint density at radius 2 is 1.95 bits per heavy atom. The molecule has 4 heteroatoms.